The zero-order chi connectivity index (χ0) is 18.2. The lowest BCUT2D eigenvalue weighted by atomic mass is 10.0. The van der Waals surface area contributed by atoms with E-state index in [-0.39, 0.29) is 13.0 Å². The molecule has 1 N–H and O–H groups in total. The van der Waals surface area contributed by atoms with Crippen LogP contribution in [0.15, 0.2) is 48.5 Å². The standard InChI is InChI=1S/C19H20FNO4/c1-3-25-18(22)12-17(13-6-10-16(24-2)11-7-13)21-19(23)14-4-8-15(20)9-5-14/h4-11,17H,3,12H2,1-2H3,(H,21,23)/t17-/m0/s1. The molecule has 0 aliphatic carbocycles. The number of amides is 1. The highest BCUT2D eigenvalue weighted by Gasteiger charge is 2.20. The number of hydrogen-bond donors (Lipinski definition) is 1. The molecule has 1 atom stereocenters. The first-order chi connectivity index (χ1) is 12.0. The molecule has 0 heterocycles. The third-order valence-electron chi connectivity index (χ3n) is 3.61. The number of carbonyl (C=O) groups is 2. The number of carbonyl (C=O) groups excluding carboxylic acids is 2. The van der Waals surface area contributed by atoms with Crippen LogP contribution in [0.25, 0.3) is 0 Å². The molecule has 1 amide bonds. The van der Waals surface area contributed by atoms with Crippen molar-refractivity contribution in [3.8, 4) is 5.75 Å². The SMILES string of the molecule is CCOC(=O)C[C@H](NC(=O)c1ccc(F)cc1)c1ccc(OC)cc1. The second-order valence-electron chi connectivity index (χ2n) is 5.32. The third kappa shape index (κ3) is 5.31. The van der Waals surface area contributed by atoms with Gasteiger partial charge in [-0.1, -0.05) is 12.1 Å². The minimum Gasteiger partial charge on any atom is -0.497 e. The molecule has 2 rings (SSSR count). The first-order valence-electron chi connectivity index (χ1n) is 7.89. The summed E-state index contributed by atoms with van der Waals surface area (Å²) in [6, 6.07) is 11.7. The summed E-state index contributed by atoms with van der Waals surface area (Å²) >= 11 is 0. The van der Waals surface area contributed by atoms with Crippen LogP contribution < -0.4 is 10.1 Å². The maximum absolute atomic E-state index is 13.0. The fourth-order valence-corrected chi connectivity index (χ4v) is 2.32. The number of rotatable bonds is 7. The highest BCUT2D eigenvalue weighted by atomic mass is 19.1. The molecule has 0 spiro atoms. The van der Waals surface area contributed by atoms with Gasteiger partial charge in [0.05, 0.1) is 26.2 Å². The summed E-state index contributed by atoms with van der Waals surface area (Å²) in [4.78, 5) is 24.3. The van der Waals surface area contributed by atoms with E-state index < -0.39 is 23.7 Å². The van der Waals surface area contributed by atoms with E-state index in [2.05, 4.69) is 5.32 Å². The van der Waals surface area contributed by atoms with Crippen LogP contribution >= 0.6 is 0 Å². The van der Waals surface area contributed by atoms with E-state index in [1.165, 1.54) is 24.3 Å². The number of halogens is 1. The Labute approximate surface area is 145 Å². The molecule has 6 heteroatoms. The Hall–Kier alpha value is -2.89. The second kappa shape index (κ2) is 8.82. The lowest BCUT2D eigenvalue weighted by Crippen LogP contribution is -2.30. The summed E-state index contributed by atoms with van der Waals surface area (Å²) in [5, 5.41) is 2.79. The molecule has 132 valence electrons. The Morgan fingerprint density at radius 1 is 1.08 bits per heavy atom. The Morgan fingerprint density at radius 2 is 1.72 bits per heavy atom. The van der Waals surface area contributed by atoms with E-state index in [1.54, 1.807) is 38.3 Å². The van der Waals surface area contributed by atoms with Crippen molar-refractivity contribution >= 4 is 11.9 Å². The summed E-state index contributed by atoms with van der Waals surface area (Å²) < 4.78 is 23.1. The topological polar surface area (TPSA) is 64.6 Å². The molecule has 0 aliphatic heterocycles. The van der Waals surface area contributed by atoms with Crippen molar-refractivity contribution in [2.24, 2.45) is 0 Å². The van der Waals surface area contributed by atoms with E-state index in [9.17, 15) is 14.0 Å². The average Bonchev–Trinajstić information content (AvgIpc) is 2.62. The van der Waals surface area contributed by atoms with Crippen LogP contribution in [-0.4, -0.2) is 25.6 Å². The van der Waals surface area contributed by atoms with Gasteiger partial charge in [-0.15, -0.1) is 0 Å². The normalized spacial score (nSPS) is 11.5. The van der Waals surface area contributed by atoms with Gasteiger partial charge in [0.15, 0.2) is 0 Å². The molecular weight excluding hydrogens is 325 g/mol. The lowest BCUT2D eigenvalue weighted by Gasteiger charge is -2.19. The predicted molar refractivity (Wildman–Crippen MR) is 90.9 cm³/mol. The Kier molecular flexibility index (Phi) is 6.51. The molecule has 0 aromatic heterocycles. The molecule has 0 radical (unpaired) electrons. The molecule has 5 nitrogen and oxygen atoms in total. The maximum Gasteiger partial charge on any atom is 0.308 e. The summed E-state index contributed by atoms with van der Waals surface area (Å²) in [7, 11) is 1.56. The highest BCUT2D eigenvalue weighted by molar-refractivity contribution is 5.94. The summed E-state index contributed by atoms with van der Waals surface area (Å²) in [6.45, 7) is 1.98. The number of hydrogen-bond acceptors (Lipinski definition) is 4. The Bertz CT molecular complexity index is 713. The van der Waals surface area contributed by atoms with Crippen molar-refractivity contribution in [2.45, 2.75) is 19.4 Å². The van der Waals surface area contributed by atoms with Crippen molar-refractivity contribution in [3.05, 3.63) is 65.5 Å². The summed E-state index contributed by atoms with van der Waals surface area (Å²) in [5.41, 5.74) is 1.05. The number of ether oxygens (including phenoxy) is 2. The molecule has 0 aliphatic rings. The maximum atomic E-state index is 13.0. The van der Waals surface area contributed by atoms with Crippen LogP contribution in [0, 0.1) is 5.82 Å². The van der Waals surface area contributed by atoms with Crippen LogP contribution in [0.2, 0.25) is 0 Å². The minimum atomic E-state index is -0.567. The van der Waals surface area contributed by atoms with Crippen molar-refractivity contribution in [1.82, 2.24) is 5.32 Å². The van der Waals surface area contributed by atoms with Crippen LogP contribution in [0.3, 0.4) is 0 Å². The molecule has 0 saturated heterocycles. The molecule has 0 bridgehead atoms. The van der Waals surface area contributed by atoms with Gasteiger partial charge < -0.3 is 14.8 Å². The van der Waals surface area contributed by atoms with Gasteiger partial charge in [0.2, 0.25) is 0 Å². The van der Waals surface area contributed by atoms with Crippen LogP contribution in [0.5, 0.6) is 5.75 Å². The molecule has 0 unspecified atom stereocenters. The van der Waals surface area contributed by atoms with Gasteiger partial charge in [0, 0.05) is 5.56 Å². The van der Waals surface area contributed by atoms with Gasteiger partial charge in [0.25, 0.3) is 5.91 Å². The van der Waals surface area contributed by atoms with Crippen molar-refractivity contribution < 1.29 is 23.5 Å². The van der Waals surface area contributed by atoms with Gasteiger partial charge >= 0.3 is 5.97 Å². The Balaban J connectivity index is 2.19. The smallest absolute Gasteiger partial charge is 0.308 e. The van der Waals surface area contributed by atoms with E-state index in [0.29, 0.717) is 11.3 Å². The largest absolute Gasteiger partial charge is 0.497 e. The average molecular weight is 345 g/mol. The van der Waals surface area contributed by atoms with Gasteiger partial charge in [-0.2, -0.15) is 0 Å². The lowest BCUT2D eigenvalue weighted by molar-refractivity contribution is -0.143. The molecular formula is C19H20FNO4. The van der Waals surface area contributed by atoms with Gasteiger partial charge in [-0.3, -0.25) is 9.59 Å². The summed E-state index contributed by atoms with van der Waals surface area (Å²) in [6.07, 6.45) is -0.00684. The van der Waals surface area contributed by atoms with E-state index in [1.807, 2.05) is 0 Å². The fraction of sp³-hybridized carbons (Fsp3) is 0.263. The minimum absolute atomic E-state index is 0.00684. The van der Waals surface area contributed by atoms with Gasteiger partial charge in [-0.25, -0.2) is 4.39 Å². The van der Waals surface area contributed by atoms with Gasteiger partial charge in [-0.05, 0) is 48.9 Å². The van der Waals surface area contributed by atoms with Crippen LogP contribution in [0.4, 0.5) is 4.39 Å². The highest BCUT2D eigenvalue weighted by Crippen LogP contribution is 2.21. The van der Waals surface area contributed by atoms with E-state index >= 15 is 0 Å². The van der Waals surface area contributed by atoms with Crippen molar-refractivity contribution in [3.63, 3.8) is 0 Å². The van der Waals surface area contributed by atoms with E-state index in [0.717, 1.165) is 5.56 Å². The van der Waals surface area contributed by atoms with E-state index in [4.69, 9.17) is 9.47 Å². The number of methoxy groups -OCH3 is 1. The quantitative estimate of drug-likeness (QED) is 0.783. The van der Waals surface area contributed by atoms with Crippen LogP contribution in [-0.2, 0) is 9.53 Å². The third-order valence-corrected chi connectivity index (χ3v) is 3.61. The molecule has 0 fully saturated rings. The zero-order valence-electron chi connectivity index (χ0n) is 14.1. The van der Waals surface area contributed by atoms with Crippen molar-refractivity contribution in [2.75, 3.05) is 13.7 Å². The fourth-order valence-electron chi connectivity index (χ4n) is 2.32. The number of benzene rings is 2. The first kappa shape index (κ1) is 18.4. The molecule has 0 saturated carbocycles. The number of esters is 1. The second-order valence-corrected chi connectivity index (χ2v) is 5.32. The van der Waals surface area contributed by atoms with Crippen LogP contribution in [0.1, 0.15) is 35.3 Å². The van der Waals surface area contributed by atoms with Crippen molar-refractivity contribution in [1.29, 1.82) is 0 Å². The first-order valence-corrected chi connectivity index (χ1v) is 7.89. The summed E-state index contributed by atoms with van der Waals surface area (Å²) in [5.74, 6) is -0.564. The monoisotopic (exact) mass is 345 g/mol. The zero-order valence-corrected chi connectivity index (χ0v) is 14.1. The molecule has 2 aromatic rings. The predicted octanol–water partition coefficient (Wildman–Crippen LogP) is 3.26. The molecule has 25 heavy (non-hydrogen) atoms. The Morgan fingerprint density at radius 3 is 2.28 bits per heavy atom. The van der Waals surface area contributed by atoms with Gasteiger partial charge in [0.1, 0.15) is 11.6 Å². The molecule has 2 aromatic carbocycles. The number of nitrogens with one attached hydrogen (secondary N) is 1.